The zero-order chi connectivity index (χ0) is 88.3. The lowest BCUT2D eigenvalue weighted by atomic mass is 9.73. The third kappa shape index (κ3) is 26.6. The molecule has 9 heterocycles. The number of carboxylic acid groups (broad SMARTS) is 2. The van der Waals surface area contributed by atoms with Crippen LogP contribution in [0.5, 0.6) is 23.0 Å². The molecule has 6 aliphatic rings. The smallest absolute Gasteiger partial charge is 0.290 e. The first-order valence-corrected chi connectivity index (χ1v) is 47.8. The van der Waals surface area contributed by atoms with E-state index in [0.717, 1.165) is 218 Å². The molecule has 31 nitrogen and oxygen atoms in total. The van der Waals surface area contributed by atoms with Crippen molar-refractivity contribution in [1.82, 2.24) is 38.0 Å². The van der Waals surface area contributed by atoms with Gasteiger partial charge in [-0.25, -0.2) is 33.3 Å². The molecule has 10 N–H and O–H groups in total. The number of hydrogen-bond donors (Lipinski definition) is 7. The predicted octanol–water partition coefficient (Wildman–Crippen LogP) is 11.5. The average Bonchev–Trinajstić information content (AvgIpc) is 1.25. The molecule has 0 bridgehead atoms. The van der Waals surface area contributed by atoms with Crippen molar-refractivity contribution in [1.29, 1.82) is 0 Å². The van der Waals surface area contributed by atoms with Crippen LogP contribution in [0.15, 0.2) is 97.6 Å². The van der Waals surface area contributed by atoms with Crippen molar-refractivity contribution in [3.05, 3.63) is 120 Å². The quantitative estimate of drug-likeness (QED) is 0.0276. The number of benzene rings is 4. The Labute approximate surface area is 727 Å². The molecule has 0 amide bonds. The van der Waals surface area contributed by atoms with Gasteiger partial charge in [-0.1, -0.05) is 27.7 Å². The minimum atomic E-state index is -3.66. The van der Waals surface area contributed by atoms with E-state index in [1.165, 1.54) is 31.4 Å². The molecule has 5 aliphatic heterocycles. The Bertz CT molecular complexity index is 5280. The number of halogens is 1. The van der Waals surface area contributed by atoms with Crippen LogP contribution in [0.4, 0.5) is 22.7 Å². The van der Waals surface area contributed by atoms with Crippen molar-refractivity contribution in [2.24, 2.45) is 62.3 Å². The summed E-state index contributed by atoms with van der Waals surface area (Å²) >= 11 is 0. The highest BCUT2D eigenvalue weighted by Gasteiger charge is 2.40. The number of rotatable bonds is 24. The van der Waals surface area contributed by atoms with E-state index in [2.05, 4.69) is 149 Å². The van der Waals surface area contributed by atoms with Gasteiger partial charge in [0.15, 0.2) is 0 Å². The monoisotopic (exact) mass is 1790 g/mol. The lowest BCUT2D eigenvalue weighted by Gasteiger charge is -2.41. The summed E-state index contributed by atoms with van der Waals surface area (Å²) in [5.41, 5.74) is 12.8. The van der Waals surface area contributed by atoms with Crippen molar-refractivity contribution in [3.8, 4) is 23.0 Å². The number of methoxy groups -OCH3 is 4. The maximum Gasteiger partial charge on any atom is 0.290 e. The fourth-order valence-electron chi connectivity index (χ4n) is 17.8. The van der Waals surface area contributed by atoms with Gasteiger partial charge in [0.1, 0.15) is 23.0 Å². The first kappa shape index (κ1) is 99.1. The van der Waals surface area contributed by atoms with E-state index in [4.69, 9.17) is 54.2 Å². The molecular weight excluding hydrogens is 1660 g/mol. The molecule has 3 atom stereocenters. The summed E-state index contributed by atoms with van der Waals surface area (Å²) in [6, 6.07) is 25.0. The van der Waals surface area contributed by atoms with E-state index in [0.29, 0.717) is 74.1 Å². The number of nitrogens with one attached hydrogen (secondary N) is 2. The topological polar surface area (TPSA) is 421 Å². The van der Waals surface area contributed by atoms with Gasteiger partial charge in [-0.3, -0.25) is 29.5 Å². The molecule has 8 aromatic rings. The second-order valence-corrected chi connectivity index (χ2v) is 39.9. The number of piperidine rings is 5. The molecule has 122 heavy (non-hydrogen) atoms. The van der Waals surface area contributed by atoms with E-state index >= 15 is 0 Å². The molecule has 6 fully saturated rings. The lowest BCUT2D eigenvalue weighted by molar-refractivity contribution is -0.123. The highest BCUT2D eigenvalue weighted by molar-refractivity contribution is 7.89. The number of sulfonamides is 1. The molecule has 0 radical (unpaired) electrons. The molecule has 1 aliphatic carbocycles. The van der Waals surface area contributed by atoms with Crippen LogP contribution in [-0.2, 0) is 50.2 Å². The zero-order valence-electron chi connectivity index (χ0n) is 72.8. The number of carbonyl (C=O) groups is 2. The summed E-state index contributed by atoms with van der Waals surface area (Å²) in [7, 11) is -7.20. The number of ether oxygens (including phenoxy) is 4. The maximum absolute atomic E-state index is 11.9. The molecule has 5 saturated heterocycles. The van der Waals surface area contributed by atoms with E-state index in [-0.39, 0.29) is 42.6 Å². The highest BCUT2D eigenvalue weighted by Crippen LogP contribution is 2.43. The van der Waals surface area contributed by atoms with Crippen molar-refractivity contribution < 1.29 is 72.4 Å². The molecule has 1 saturated carbocycles. The van der Waals surface area contributed by atoms with Gasteiger partial charge in [0, 0.05) is 160 Å². The van der Waals surface area contributed by atoms with Gasteiger partial charge in [-0.05, 0) is 254 Å². The van der Waals surface area contributed by atoms with Crippen molar-refractivity contribution >= 4 is 132 Å². The summed E-state index contributed by atoms with van der Waals surface area (Å²) in [6.45, 7) is 27.9. The zero-order valence-corrected chi connectivity index (χ0v) is 76.8. The van der Waals surface area contributed by atoms with Crippen molar-refractivity contribution in [3.63, 3.8) is 0 Å². The second-order valence-electron chi connectivity index (χ2n) is 33.3. The largest absolute Gasteiger partial charge is 0.496 e. The van der Waals surface area contributed by atoms with Crippen LogP contribution in [0.25, 0.3) is 43.6 Å². The fraction of sp³-hybridized carbons (Fsp3) is 0.558. The number of anilines is 4. The fourth-order valence-corrected chi connectivity index (χ4v) is 20.9. The highest BCUT2D eigenvalue weighted by atomic mass is 35.5. The van der Waals surface area contributed by atoms with E-state index in [1.54, 1.807) is 35.4 Å². The number of hydrogen-bond acceptors (Lipinski definition) is 22. The standard InChI is InChI=1S/C22H32N4O3S.C21H30N4O3S.C21H31N3O3S.C20H30N4O3S.2CH2O2.ClH/c1-15-12-20-19(13-22(15)29-3)21(6-9-24-20)25-10-7-17(8-11-25)16(2)14-26(18-4-5-18)30(23,27)28;1-15-12-19-18(13-21(15)28-2)20(5-8-23-19)24-10-6-16(7-11-24)17-4-3-9-25(14-17)29(22,26)27;1-5-28(25,26)23-14-16(3)17-7-10-24(11-8-17)20-6-9-22-19-12-15(2)21(27-4)13-18(19)20;1-14-11-17-16(12-19(14)27-4)18(5-8-22-17)24-9-6-15(7-10-24)20(2,3)13-23-28(21,25)26;2*2-1-3;/h6,9,12-13,16-18H,4-5,7-8,10-11,14H2,1-3H3,(H2,23,27,28);5,8,12-13,16-17H,3-4,6-7,9-11,14H2,1-2H3,(H2,22,26,27);6,9,12-13,16-17,23H,5,7-8,10-11,14H2,1-4H3;5,8,11-12,15,23H,6-7,9-10,13H2,1-4H3,(H2,21,25,26);2*1H,(H,2,3);1H. The van der Waals surface area contributed by atoms with Crippen LogP contribution in [0, 0.1) is 74.5 Å². The molecular formula is C86H128ClN15O16S4. The Hall–Kier alpha value is -8.33. The minimum absolute atomic E-state index is 0. The number of pyridine rings is 4. The van der Waals surface area contributed by atoms with Gasteiger partial charge in [0.2, 0.25) is 10.0 Å². The molecule has 4 aromatic heterocycles. The van der Waals surface area contributed by atoms with Crippen LogP contribution in [0.3, 0.4) is 0 Å². The third-order valence-corrected chi connectivity index (χ3v) is 29.1. The van der Waals surface area contributed by atoms with Gasteiger partial charge in [-0.15, -0.1) is 12.4 Å². The van der Waals surface area contributed by atoms with Gasteiger partial charge >= 0.3 is 0 Å². The average molecular weight is 1790 g/mol. The maximum atomic E-state index is 11.9. The first-order chi connectivity index (χ1) is 57.4. The SMILES string of the molecule is CCS(=O)(=O)NCC(C)C1CCN(c2ccnc3cc(C)c(OC)cc23)CC1.COc1cc2c(N3CCC(C(C)(C)CNS(N)(=O)=O)CC3)ccnc2cc1C.COc1cc2c(N3CCC(C(C)CN(C4CC4)S(N)(=O)=O)CC3)ccnc2cc1C.COc1cc2c(N3CCC(C4CCCN(S(N)(=O)=O)C4)CC3)ccnc2cc1C.Cl.O=CO.O=CO. The second kappa shape index (κ2) is 44.5. The lowest BCUT2D eigenvalue weighted by Crippen LogP contribution is -2.46. The summed E-state index contributed by atoms with van der Waals surface area (Å²) in [4.78, 5) is 44.5. The summed E-state index contributed by atoms with van der Waals surface area (Å²) in [5.74, 6) is 6.66. The van der Waals surface area contributed by atoms with E-state index < -0.39 is 40.7 Å². The van der Waals surface area contributed by atoms with E-state index in [1.807, 2.05) is 52.5 Å². The Morgan fingerprint density at radius 2 is 0.836 bits per heavy atom. The van der Waals surface area contributed by atoms with Gasteiger partial charge in [-0.2, -0.15) is 33.9 Å². The number of aryl methyl sites for hydroxylation is 4. The Morgan fingerprint density at radius 1 is 0.500 bits per heavy atom. The van der Waals surface area contributed by atoms with Crippen molar-refractivity contribution in [2.45, 2.75) is 145 Å². The van der Waals surface area contributed by atoms with Crippen LogP contribution in [0.1, 0.15) is 134 Å². The summed E-state index contributed by atoms with van der Waals surface area (Å²) in [6.07, 6.45) is 19.6. The Morgan fingerprint density at radius 3 is 1.15 bits per heavy atom. The molecule has 3 unspecified atom stereocenters. The summed E-state index contributed by atoms with van der Waals surface area (Å²) < 4.78 is 123. The Balaban J connectivity index is 0.000000197. The van der Waals surface area contributed by atoms with Crippen LogP contribution >= 0.6 is 12.4 Å². The van der Waals surface area contributed by atoms with Crippen molar-refractivity contribution in [2.75, 3.05) is 139 Å². The van der Waals surface area contributed by atoms with Crippen LogP contribution in [-0.4, -0.2) is 211 Å². The van der Waals surface area contributed by atoms with Gasteiger partial charge in [0.25, 0.3) is 43.6 Å². The molecule has 0 spiro atoms. The van der Waals surface area contributed by atoms with Gasteiger partial charge in [0.05, 0.1) is 56.3 Å². The van der Waals surface area contributed by atoms with E-state index in [9.17, 15) is 33.7 Å². The number of nitrogens with two attached hydrogens (primary N) is 3. The van der Waals surface area contributed by atoms with Gasteiger partial charge < -0.3 is 48.8 Å². The number of nitrogens with zero attached hydrogens (tertiary/aromatic N) is 10. The first-order valence-electron chi connectivity index (χ1n) is 41.6. The minimum Gasteiger partial charge on any atom is -0.496 e. The number of aromatic nitrogens is 4. The summed E-state index contributed by atoms with van der Waals surface area (Å²) in [5, 5.41) is 34.1. The Kier molecular flexibility index (Phi) is 36.2. The van der Waals surface area contributed by atoms with Crippen LogP contribution in [0.2, 0.25) is 0 Å². The normalized spacial score (nSPS) is 18.0. The molecule has 674 valence electrons. The predicted molar refractivity (Wildman–Crippen MR) is 487 cm³/mol. The molecule has 14 rings (SSSR count). The number of fused-ring (bicyclic) bond motifs is 4. The molecule has 36 heteroatoms. The third-order valence-electron chi connectivity index (χ3n) is 25.1. The van der Waals surface area contributed by atoms with Crippen LogP contribution < -0.4 is 63.4 Å². The molecule has 4 aromatic carbocycles.